The molecule has 0 spiro atoms. The van der Waals surface area contributed by atoms with Crippen molar-refractivity contribution in [3.8, 4) is 17.1 Å². The summed E-state index contributed by atoms with van der Waals surface area (Å²) in [5.41, 5.74) is 4.64. The number of fused-ring (bicyclic) bond motifs is 3. The van der Waals surface area contributed by atoms with Crippen LogP contribution in [0.25, 0.3) is 21.6 Å². The number of thiazole rings is 1. The van der Waals surface area contributed by atoms with Gasteiger partial charge in [-0.3, -0.25) is 0 Å². The van der Waals surface area contributed by atoms with E-state index in [4.69, 9.17) is 9.72 Å². The summed E-state index contributed by atoms with van der Waals surface area (Å²) in [6.45, 7) is 0.450. The van der Waals surface area contributed by atoms with Crippen molar-refractivity contribution in [1.29, 1.82) is 0 Å². The van der Waals surface area contributed by atoms with E-state index in [1.165, 1.54) is 39.9 Å². The Hall–Kier alpha value is -3.58. The number of benzene rings is 3. The lowest BCUT2D eigenvalue weighted by Gasteiger charge is -2.40. The zero-order chi connectivity index (χ0) is 24.1. The fourth-order valence-corrected chi connectivity index (χ4v) is 7.48. The van der Waals surface area contributed by atoms with Gasteiger partial charge in [0.2, 0.25) is 5.82 Å². The molecular weight excluding hydrogens is 466 g/mol. The molecule has 0 radical (unpaired) electrons. The molecule has 6 nitrogen and oxygen atoms in total. The Balaban J connectivity index is 1.32. The van der Waals surface area contributed by atoms with Gasteiger partial charge in [-0.15, -0.1) is 21.5 Å². The molecule has 0 aliphatic heterocycles. The van der Waals surface area contributed by atoms with Crippen LogP contribution in [-0.4, -0.2) is 25.2 Å². The van der Waals surface area contributed by atoms with Crippen LogP contribution >= 0.6 is 11.3 Å². The van der Waals surface area contributed by atoms with E-state index in [1.807, 2.05) is 19.2 Å². The predicted molar refractivity (Wildman–Crippen MR) is 141 cm³/mol. The van der Waals surface area contributed by atoms with E-state index in [2.05, 4.69) is 76.1 Å². The van der Waals surface area contributed by atoms with Gasteiger partial charge in [-0.25, -0.2) is 4.98 Å². The average Bonchev–Trinajstić information content (AvgIpc) is 3.71. The zero-order valence-electron chi connectivity index (χ0n) is 20.2. The van der Waals surface area contributed by atoms with Crippen LogP contribution in [0.5, 0.6) is 5.75 Å². The Morgan fingerprint density at radius 1 is 1.03 bits per heavy atom. The Labute approximate surface area is 214 Å². The highest BCUT2D eigenvalue weighted by Gasteiger charge is 2.53. The fraction of sp³-hybridized carbons (Fsp3) is 0.310. The number of aromatic nitrogens is 5. The molecule has 3 atom stereocenters. The summed E-state index contributed by atoms with van der Waals surface area (Å²) in [5.74, 6) is 2.88. The van der Waals surface area contributed by atoms with E-state index >= 15 is 0 Å². The Morgan fingerprint density at radius 3 is 2.64 bits per heavy atom. The second kappa shape index (κ2) is 8.52. The molecule has 0 N–H and O–H groups in total. The van der Waals surface area contributed by atoms with Crippen LogP contribution < -0.4 is 4.74 Å². The van der Waals surface area contributed by atoms with Crippen molar-refractivity contribution >= 4 is 21.6 Å². The molecule has 2 fully saturated rings. The van der Waals surface area contributed by atoms with Crippen LogP contribution in [0.1, 0.15) is 41.8 Å². The Bertz CT molecular complexity index is 1510. The highest BCUT2D eigenvalue weighted by atomic mass is 32.1. The molecular formula is C29H27N5OS. The molecule has 7 rings (SSSR count). The molecule has 3 aromatic carbocycles. The van der Waals surface area contributed by atoms with E-state index in [0.717, 1.165) is 34.2 Å². The molecule has 7 heteroatoms. The van der Waals surface area contributed by atoms with Crippen LogP contribution in [0, 0.1) is 11.8 Å². The maximum atomic E-state index is 6.37. The van der Waals surface area contributed by atoms with Crippen LogP contribution in [0.2, 0.25) is 0 Å². The number of tetrazole rings is 1. The number of rotatable bonds is 6. The van der Waals surface area contributed by atoms with Crippen LogP contribution in [-0.2, 0) is 19.1 Å². The van der Waals surface area contributed by atoms with Crippen molar-refractivity contribution in [3.05, 3.63) is 88.9 Å². The second-order valence-corrected chi connectivity index (χ2v) is 11.2. The van der Waals surface area contributed by atoms with Crippen LogP contribution in [0.3, 0.4) is 0 Å². The first-order valence-corrected chi connectivity index (χ1v) is 13.4. The smallest absolute Gasteiger partial charge is 0.205 e. The topological polar surface area (TPSA) is 65.7 Å². The summed E-state index contributed by atoms with van der Waals surface area (Å²) in [4.78, 5) is 6.28. The molecule has 0 saturated heterocycles. The summed E-state index contributed by atoms with van der Waals surface area (Å²) in [6.07, 6.45) is 5.00. The van der Waals surface area contributed by atoms with E-state index in [0.29, 0.717) is 18.3 Å². The number of hydrogen-bond acceptors (Lipinski definition) is 6. The quantitative estimate of drug-likeness (QED) is 0.283. The number of nitrogens with zero attached hydrogens (tertiary/aromatic N) is 5. The molecule has 2 heterocycles. The number of hydrogen-bond donors (Lipinski definition) is 0. The molecule has 180 valence electrons. The van der Waals surface area contributed by atoms with Gasteiger partial charge in [0, 0.05) is 11.0 Å². The van der Waals surface area contributed by atoms with E-state index in [1.54, 1.807) is 11.3 Å². The minimum absolute atomic E-state index is 0.0755. The predicted octanol–water partition coefficient (Wildman–Crippen LogP) is 6.17. The molecule has 2 aliphatic carbocycles. The highest BCUT2D eigenvalue weighted by Crippen LogP contribution is 2.61. The van der Waals surface area contributed by atoms with Gasteiger partial charge >= 0.3 is 0 Å². The maximum Gasteiger partial charge on any atom is 0.205 e. The lowest BCUT2D eigenvalue weighted by molar-refractivity contribution is 0.299. The monoisotopic (exact) mass is 493 g/mol. The molecule has 2 aromatic heterocycles. The number of para-hydroxylation sites is 1. The first-order chi connectivity index (χ1) is 17.7. The highest BCUT2D eigenvalue weighted by molar-refractivity contribution is 7.18. The fourth-order valence-electron chi connectivity index (χ4n) is 6.60. The van der Waals surface area contributed by atoms with E-state index in [-0.39, 0.29) is 5.41 Å². The SMILES string of the molecule is Cn1nnc(-c2ccc(OCc3nc4ccccc4s3)cc2C2(c3ccccc3)CC3CCC2C3)n1. The van der Waals surface area contributed by atoms with Crippen molar-refractivity contribution in [2.45, 2.75) is 37.7 Å². The standard InChI is InChI=1S/C29H27N5OS/c1-34-32-28(31-33-34)23-14-13-22(35-18-27-30-25-9-5-6-10-26(25)36-27)16-24(23)29(20-7-3-2-4-8-20)17-19-11-12-21(29)15-19/h2-10,13-14,16,19,21H,11-12,15,17-18H2,1H3. The zero-order valence-corrected chi connectivity index (χ0v) is 21.0. The summed E-state index contributed by atoms with van der Waals surface area (Å²) in [5, 5.41) is 14.1. The molecule has 5 aromatic rings. The van der Waals surface area contributed by atoms with Gasteiger partial charge in [-0.05, 0) is 77.8 Å². The van der Waals surface area contributed by atoms with Crippen molar-refractivity contribution in [2.75, 3.05) is 0 Å². The second-order valence-electron chi connectivity index (χ2n) is 10.1. The first-order valence-electron chi connectivity index (χ1n) is 12.6. The summed E-state index contributed by atoms with van der Waals surface area (Å²) >= 11 is 1.69. The summed E-state index contributed by atoms with van der Waals surface area (Å²) in [6, 6.07) is 25.7. The van der Waals surface area contributed by atoms with Crippen molar-refractivity contribution < 1.29 is 4.74 Å². The average molecular weight is 494 g/mol. The molecule has 2 bridgehead atoms. The molecule has 2 aliphatic rings. The third-order valence-electron chi connectivity index (χ3n) is 8.06. The van der Waals surface area contributed by atoms with Gasteiger partial charge in [0.25, 0.3) is 0 Å². The van der Waals surface area contributed by atoms with E-state index in [9.17, 15) is 0 Å². The van der Waals surface area contributed by atoms with Crippen LogP contribution in [0.4, 0.5) is 0 Å². The molecule has 36 heavy (non-hydrogen) atoms. The Kier molecular flexibility index (Phi) is 5.13. The maximum absolute atomic E-state index is 6.37. The van der Waals surface area contributed by atoms with Gasteiger partial charge in [0.15, 0.2) is 0 Å². The molecule has 0 amide bonds. The van der Waals surface area contributed by atoms with Gasteiger partial charge in [0.05, 0.1) is 17.3 Å². The number of ether oxygens (including phenoxy) is 1. The largest absolute Gasteiger partial charge is 0.486 e. The summed E-state index contributed by atoms with van der Waals surface area (Å²) in [7, 11) is 1.82. The molecule has 2 saturated carbocycles. The summed E-state index contributed by atoms with van der Waals surface area (Å²) < 4.78 is 7.55. The van der Waals surface area contributed by atoms with Gasteiger partial charge in [-0.1, -0.05) is 48.9 Å². The van der Waals surface area contributed by atoms with Crippen molar-refractivity contribution in [2.24, 2.45) is 18.9 Å². The third-order valence-corrected chi connectivity index (χ3v) is 9.07. The minimum Gasteiger partial charge on any atom is -0.486 e. The Morgan fingerprint density at radius 2 is 1.89 bits per heavy atom. The third kappa shape index (κ3) is 3.53. The van der Waals surface area contributed by atoms with E-state index < -0.39 is 0 Å². The van der Waals surface area contributed by atoms with Gasteiger partial charge in [-0.2, -0.15) is 4.80 Å². The van der Waals surface area contributed by atoms with Gasteiger partial charge in [0.1, 0.15) is 17.4 Å². The molecule has 3 unspecified atom stereocenters. The van der Waals surface area contributed by atoms with Crippen LogP contribution in [0.15, 0.2) is 72.8 Å². The normalized spacial score (nSPS) is 22.9. The van der Waals surface area contributed by atoms with Crippen molar-refractivity contribution in [3.63, 3.8) is 0 Å². The van der Waals surface area contributed by atoms with Crippen molar-refractivity contribution in [1.82, 2.24) is 25.2 Å². The van der Waals surface area contributed by atoms with Gasteiger partial charge < -0.3 is 4.74 Å². The first kappa shape index (κ1) is 21.7. The lowest BCUT2D eigenvalue weighted by atomic mass is 9.63. The minimum atomic E-state index is -0.0755. The lowest BCUT2D eigenvalue weighted by Crippen LogP contribution is -2.34. The number of aryl methyl sites for hydroxylation is 1.